The highest BCUT2D eigenvalue weighted by Gasteiger charge is 2.09. The molecule has 2 rings (SSSR count). The summed E-state index contributed by atoms with van der Waals surface area (Å²) in [5.74, 6) is -0.606. The van der Waals surface area contributed by atoms with Gasteiger partial charge in [-0.15, -0.1) is 0 Å². The Hall–Kier alpha value is -2.37. The van der Waals surface area contributed by atoms with Crippen LogP contribution in [0, 0.1) is 0 Å². The van der Waals surface area contributed by atoms with E-state index >= 15 is 0 Å². The predicted molar refractivity (Wildman–Crippen MR) is 92.8 cm³/mol. The van der Waals surface area contributed by atoms with Crippen molar-refractivity contribution >= 4 is 23.4 Å². The van der Waals surface area contributed by atoms with E-state index in [9.17, 15) is 9.59 Å². The molecule has 5 nitrogen and oxygen atoms in total. The molecule has 0 saturated heterocycles. The molecule has 0 aliphatic rings. The second-order valence-corrected chi connectivity index (χ2v) is 5.61. The van der Waals surface area contributed by atoms with E-state index in [0.29, 0.717) is 23.7 Å². The lowest BCUT2D eigenvalue weighted by Gasteiger charge is -2.10. The molecule has 2 N–H and O–H groups in total. The van der Waals surface area contributed by atoms with Gasteiger partial charge in [-0.1, -0.05) is 41.9 Å². The quantitative estimate of drug-likeness (QED) is 0.809. The van der Waals surface area contributed by atoms with Gasteiger partial charge in [0.1, 0.15) is 0 Å². The van der Waals surface area contributed by atoms with Crippen LogP contribution in [0.5, 0.6) is 0 Å². The zero-order valence-electron chi connectivity index (χ0n) is 13.3. The number of hydrogen-bond acceptors (Lipinski definition) is 3. The monoisotopic (exact) mass is 346 g/mol. The summed E-state index contributed by atoms with van der Waals surface area (Å²) in [6, 6.07) is 14.3. The Bertz CT molecular complexity index is 719. The molecule has 0 heterocycles. The Labute approximate surface area is 146 Å². The normalized spacial score (nSPS) is 10.2. The lowest BCUT2D eigenvalue weighted by molar-refractivity contribution is -0.120. The highest BCUT2D eigenvalue weighted by molar-refractivity contribution is 6.30. The second-order valence-electron chi connectivity index (χ2n) is 5.17. The van der Waals surface area contributed by atoms with Crippen LogP contribution in [0.4, 0.5) is 0 Å². The van der Waals surface area contributed by atoms with Gasteiger partial charge in [0, 0.05) is 24.2 Å². The highest BCUT2D eigenvalue weighted by atomic mass is 35.5. The molecule has 24 heavy (non-hydrogen) atoms. The van der Waals surface area contributed by atoms with Crippen LogP contribution in [0.2, 0.25) is 5.02 Å². The summed E-state index contributed by atoms with van der Waals surface area (Å²) >= 11 is 5.84. The molecule has 0 spiro atoms. The lowest BCUT2D eigenvalue weighted by Crippen LogP contribution is -2.36. The van der Waals surface area contributed by atoms with E-state index in [1.54, 1.807) is 31.4 Å². The standard InChI is InChI=1S/C18H19ClN2O3/c1-24-12-15-6-3-2-5-14(15)10-20-17(22)11-21-18(23)13-7-4-8-16(19)9-13/h2-9H,10-12H2,1H3,(H,20,22)(H,21,23). The number of halogens is 1. The summed E-state index contributed by atoms with van der Waals surface area (Å²) in [6.45, 7) is 0.765. The van der Waals surface area contributed by atoms with Crippen LogP contribution in [0.15, 0.2) is 48.5 Å². The fraction of sp³-hybridized carbons (Fsp3) is 0.222. The Balaban J connectivity index is 1.83. The van der Waals surface area contributed by atoms with Gasteiger partial charge in [-0.25, -0.2) is 0 Å². The third-order valence-corrected chi connectivity index (χ3v) is 3.63. The fourth-order valence-corrected chi connectivity index (χ4v) is 2.37. The second kappa shape index (κ2) is 9.05. The van der Waals surface area contributed by atoms with Gasteiger partial charge < -0.3 is 15.4 Å². The van der Waals surface area contributed by atoms with E-state index in [2.05, 4.69) is 10.6 Å². The fourth-order valence-electron chi connectivity index (χ4n) is 2.17. The molecule has 0 aromatic heterocycles. The van der Waals surface area contributed by atoms with Crippen LogP contribution >= 0.6 is 11.6 Å². The topological polar surface area (TPSA) is 67.4 Å². The summed E-state index contributed by atoms with van der Waals surface area (Å²) < 4.78 is 5.13. The number of rotatable bonds is 7. The van der Waals surface area contributed by atoms with Crippen molar-refractivity contribution in [1.29, 1.82) is 0 Å². The SMILES string of the molecule is COCc1ccccc1CNC(=O)CNC(=O)c1cccc(Cl)c1. The Morgan fingerprint density at radius 2 is 1.79 bits per heavy atom. The summed E-state index contributed by atoms with van der Waals surface area (Å²) in [5.41, 5.74) is 2.41. The van der Waals surface area contributed by atoms with E-state index in [4.69, 9.17) is 16.3 Å². The van der Waals surface area contributed by atoms with E-state index in [1.807, 2.05) is 24.3 Å². The largest absolute Gasteiger partial charge is 0.380 e. The number of nitrogens with one attached hydrogen (secondary N) is 2. The highest BCUT2D eigenvalue weighted by Crippen LogP contribution is 2.11. The molecule has 126 valence electrons. The molecule has 0 unspecified atom stereocenters. The number of amides is 2. The molecule has 0 aliphatic heterocycles. The molecule has 2 aromatic carbocycles. The number of ether oxygens (including phenoxy) is 1. The maximum Gasteiger partial charge on any atom is 0.251 e. The minimum atomic E-state index is -0.340. The molecule has 0 radical (unpaired) electrons. The Morgan fingerprint density at radius 3 is 2.50 bits per heavy atom. The first-order valence-corrected chi connectivity index (χ1v) is 7.84. The van der Waals surface area contributed by atoms with Crippen LogP contribution in [0.1, 0.15) is 21.5 Å². The molecule has 2 aromatic rings. The summed E-state index contributed by atoms with van der Waals surface area (Å²) in [7, 11) is 1.63. The molecule has 6 heteroatoms. The summed E-state index contributed by atoms with van der Waals surface area (Å²) in [4.78, 5) is 23.9. The van der Waals surface area contributed by atoms with Crippen LogP contribution in [-0.4, -0.2) is 25.5 Å². The average molecular weight is 347 g/mol. The first-order valence-electron chi connectivity index (χ1n) is 7.46. The van der Waals surface area contributed by atoms with Crippen molar-refractivity contribution in [3.8, 4) is 0 Å². The molecule has 0 bridgehead atoms. The van der Waals surface area contributed by atoms with Crippen LogP contribution in [0.25, 0.3) is 0 Å². The minimum Gasteiger partial charge on any atom is -0.380 e. The van der Waals surface area contributed by atoms with E-state index in [-0.39, 0.29) is 18.4 Å². The smallest absolute Gasteiger partial charge is 0.251 e. The Kier molecular flexibility index (Phi) is 6.78. The van der Waals surface area contributed by atoms with E-state index < -0.39 is 0 Å². The number of carbonyl (C=O) groups excluding carboxylic acids is 2. The van der Waals surface area contributed by atoms with Crippen molar-refractivity contribution in [2.45, 2.75) is 13.2 Å². The average Bonchev–Trinajstić information content (AvgIpc) is 2.59. The summed E-state index contributed by atoms with van der Waals surface area (Å²) in [5, 5.41) is 5.82. The van der Waals surface area contributed by atoms with Crippen molar-refractivity contribution in [1.82, 2.24) is 10.6 Å². The Morgan fingerprint density at radius 1 is 1.04 bits per heavy atom. The molecule has 0 aliphatic carbocycles. The van der Waals surface area contributed by atoms with Gasteiger partial charge in [-0.3, -0.25) is 9.59 Å². The molecule has 0 atom stereocenters. The number of methoxy groups -OCH3 is 1. The zero-order chi connectivity index (χ0) is 17.4. The first kappa shape index (κ1) is 18.0. The van der Waals surface area contributed by atoms with Crippen molar-refractivity contribution in [3.05, 3.63) is 70.2 Å². The summed E-state index contributed by atoms with van der Waals surface area (Å²) in [6.07, 6.45) is 0. The van der Waals surface area contributed by atoms with Crippen molar-refractivity contribution in [3.63, 3.8) is 0 Å². The van der Waals surface area contributed by atoms with Gasteiger partial charge in [-0.05, 0) is 29.3 Å². The minimum absolute atomic E-state index is 0.0994. The van der Waals surface area contributed by atoms with Gasteiger partial charge in [0.2, 0.25) is 5.91 Å². The van der Waals surface area contributed by atoms with Gasteiger partial charge in [0.25, 0.3) is 5.91 Å². The van der Waals surface area contributed by atoms with Crippen molar-refractivity contribution in [2.24, 2.45) is 0 Å². The third-order valence-electron chi connectivity index (χ3n) is 3.39. The number of benzene rings is 2. The zero-order valence-corrected chi connectivity index (χ0v) is 14.1. The maximum atomic E-state index is 11.9. The molecule has 0 fully saturated rings. The molecule has 2 amide bonds. The van der Waals surface area contributed by atoms with Crippen LogP contribution in [0.3, 0.4) is 0 Å². The molecular weight excluding hydrogens is 328 g/mol. The molecule has 0 saturated carbocycles. The third kappa shape index (κ3) is 5.37. The maximum absolute atomic E-state index is 11.9. The van der Waals surface area contributed by atoms with Crippen molar-refractivity contribution in [2.75, 3.05) is 13.7 Å². The lowest BCUT2D eigenvalue weighted by atomic mass is 10.1. The predicted octanol–water partition coefficient (Wildman–Crippen LogP) is 2.53. The number of hydrogen-bond donors (Lipinski definition) is 2. The first-order chi connectivity index (χ1) is 11.6. The number of carbonyl (C=O) groups is 2. The van der Waals surface area contributed by atoms with Crippen LogP contribution < -0.4 is 10.6 Å². The van der Waals surface area contributed by atoms with Crippen LogP contribution in [-0.2, 0) is 22.7 Å². The van der Waals surface area contributed by atoms with E-state index in [1.165, 1.54) is 0 Å². The molecular formula is C18H19ClN2O3. The van der Waals surface area contributed by atoms with Crippen molar-refractivity contribution < 1.29 is 14.3 Å². The van der Waals surface area contributed by atoms with E-state index in [0.717, 1.165) is 11.1 Å². The van der Waals surface area contributed by atoms with Gasteiger partial charge in [0.15, 0.2) is 0 Å². The van der Waals surface area contributed by atoms with Gasteiger partial charge >= 0.3 is 0 Å². The van der Waals surface area contributed by atoms with Gasteiger partial charge in [0.05, 0.1) is 13.2 Å². The van der Waals surface area contributed by atoms with Gasteiger partial charge in [-0.2, -0.15) is 0 Å².